The maximum atomic E-state index is 12.2. The van der Waals surface area contributed by atoms with Gasteiger partial charge in [-0.3, -0.25) is 0 Å². The summed E-state index contributed by atoms with van der Waals surface area (Å²) in [6.45, 7) is 6.07. The number of rotatable bonds is 5. The molecule has 0 aromatic rings. The van der Waals surface area contributed by atoms with Crippen LogP contribution in [0.4, 0.5) is 4.79 Å². The highest BCUT2D eigenvalue weighted by Gasteiger charge is 2.31. The molecule has 3 atom stereocenters. The van der Waals surface area contributed by atoms with Gasteiger partial charge in [-0.25, -0.2) is 9.59 Å². The molecule has 2 unspecified atom stereocenters. The third-order valence-electron chi connectivity index (χ3n) is 3.27. The maximum Gasteiger partial charge on any atom is 0.326 e. The fourth-order valence-electron chi connectivity index (χ4n) is 2.14. The Labute approximate surface area is 118 Å². The Kier molecular flexibility index (Phi) is 6.22. The molecular weight excluding hydrogens is 264 g/mol. The molecule has 1 rings (SSSR count). The number of amides is 2. The van der Waals surface area contributed by atoms with Gasteiger partial charge in [0.2, 0.25) is 0 Å². The Morgan fingerprint density at radius 3 is 2.60 bits per heavy atom. The number of hydrogen-bond acceptors (Lipinski definition) is 4. The standard InChI is InChI=1S/C13H24N2O5/c1-8(2)4-11(12(17)18)14-13(19)15-5-10(6-16)20-7-9(15)3/h8-11,16H,4-7H2,1-3H3,(H,14,19)(H,17,18)/t9?,10?,11-/m1/s1. The van der Waals surface area contributed by atoms with Crippen LogP contribution in [-0.2, 0) is 9.53 Å². The molecule has 0 aliphatic carbocycles. The lowest BCUT2D eigenvalue weighted by atomic mass is 10.0. The van der Waals surface area contributed by atoms with E-state index < -0.39 is 24.1 Å². The first-order chi connectivity index (χ1) is 9.35. The van der Waals surface area contributed by atoms with Gasteiger partial charge >= 0.3 is 12.0 Å². The van der Waals surface area contributed by atoms with Crippen LogP contribution in [-0.4, -0.2) is 65.1 Å². The van der Waals surface area contributed by atoms with E-state index in [2.05, 4.69) is 5.32 Å². The second kappa shape index (κ2) is 7.44. The van der Waals surface area contributed by atoms with Crippen LogP contribution in [0.1, 0.15) is 27.2 Å². The second-order valence-corrected chi connectivity index (χ2v) is 5.61. The molecule has 7 heteroatoms. The summed E-state index contributed by atoms with van der Waals surface area (Å²) in [6.07, 6.45) is -0.0335. The average Bonchev–Trinajstić information content (AvgIpc) is 2.37. The quantitative estimate of drug-likeness (QED) is 0.674. The van der Waals surface area contributed by atoms with Crippen molar-refractivity contribution in [3.63, 3.8) is 0 Å². The zero-order valence-electron chi connectivity index (χ0n) is 12.2. The normalized spacial score (nSPS) is 24.6. The smallest absolute Gasteiger partial charge is 0.326 e. The van der Waals surface area contributed by atoms with E-state index in [-0.39, 0.29) is 25.1 Å². The van der Waals surface area contributed by atoms with Gasteiger partial charge in [0.15, 0.2) is 0 Å². The molecule has 0 aromatic carbocycles. The van der Waals surface area contributed by atoms with Crippen LogP contribution >= 0.6 is 0 Å². The van der Waals surface area contributed by atoms with Gasteiger partial charge in [-0.15, -0.1) is 0 Å². The Hall–Kier alpha value is -1.34. The van der Waals surface area contributed by atoms with E-state index in [4.69, 9.17) is 14.9 Å². The first-order valence-electron chi connectivity index (χ1n) is 6.87. The van der Waals surface area contributed by atoms with Crippen molar-refractivity contribution in [3.8, 4) is 0 Å². The summed E-state index contributed by atoms with van der Waals surface area (Å²) in [7, 11) is 0. The number of aliphatic carboxylic acids is 1. The van der Waals surface area contributed by atoms with E-state index in [1.165, 1.54) is 4.90 Å². The first-order valence-corrected chi connectivity index (χ1v) is 6.87. The molecule has 1 aliphatic rings. The molecule has 1 saturated heterocycles. The average molecular weight is 288 g/mol. The van der Waals surface area contributed by atoms with Crippen LogP contribution < -0.4 is 5.32 Å². The highest BCUT2D eigenvalue weighted by Crippen LogP contribution is 2.13. The van der Waals surface area contributed by atoms with Crippen LogP contribution in [0.25, 0.3) is 0 Å². The summed E-state index contributed by atoms with van der Waals surface area (Å²) in [5.74, 6) is -0.865. The summed E-state index contributed by atoms with van der Waals surface area (Å²) in [4.78, 5) is 24.9. The van der Waals surface area contributed by atoms with Gasteiger partial charge in [-0.2, -0.15) is 0 Å². The van der Waals surface area contributed by atoms with Gasteiger partial charge in [-0.1, -0.05) is 13.8 Å². The summed E-state index contributed by atoms with van der Waals surface area (Å²) >= 11 is 0. The minimum Gasteiger partial charge on any atom is -0.480 e. The number of morpholine rings is 1. The molecule has 1 heterocycles. The van der Waals surface area contributed by atoms with E-state index in [0.717, 1.165) is 0 Å². The number of aliphatic hydroxyl groups is 1. The number of nitrogens with one attached hydrogen (secondary N) is 1. The number of carbonyl (C=O) groups excluding carboxylic acids is 1. The van der Waals surface area contributed by atoms with Gasteiger partial charge in [-0.05, 0) is 19.3 Å². The van der Waals surface area contributed by atoms with Crippen molar-refractivity contribution >= 4 is 12.0 Å². The predicted molar refractivity (Wildman–Crippen MR) is 72.4 cm³/mol. The fourth-order valence-corrected chi connectivity index (χ4v) is 2.14. The molecule has 0 bridgehead atoms. The summed E-state index contributed by atoms with van der Waals surface area (Å²) in [5, 5.41) is 20.8. The van der Waals surface area contributed by atoms with E-state index in [0.29, 0.717) is 13.0 Å². The lowest BCUT2D eigenvalue weighted by molar-refractivity contribution is -0.139. The van der Waals surface area contributed by atoms with Crippen LogP contribution in [0.15, 0.2) is 0 Å². The van der Waals surface area contributed by atoms with E-state index >= 15 is 0 Å². The molecule has 1 aliphatic heterocycles. The number of ether oxygens (including phenoxy) is 1. The number of carboxylic acids is 1. The Bertz CT molecular complexity index is 348. The lowest BCUT2D eigenvalue weighted by Crippen LogP contribution is -2.57. The van der Waals surface area contributed by atoms with E-state index in [1.807, 2.05) is 20.8 Å². The highest BCUT2D eigenvalue weighted by molar-refractivity contribution is 5.82. The lowest BCUT2D eigenvalue weighted by Gasteiger charge is -2.37. The number of carbonyl (C=O) groups is 2. The van der Waals surface area contributed by atoms with Crippen LogP contribution in [0.5, 0.6) is 0 Å². The minimum absolute atomic E-state index is 0.147. The van der Waals surface area contributed by atoms with Crippen molar-refractivity contribution in [2.24, 2.45) is 5.92 Å². The number of nitrogens with zero attached hydrogens (tertiary/aromatic N) is 1. The van der Waals surface area contributed by atoms with Crippen LogP contribution in [0.3, 0.4) is 0 Å². The van der Waals surface area contributed by atoms with E-state index in [9.17, 15) is 9.59 Å². The second-order valence-electron chi connectivity index (χ2n) is 5.61. The molecule has 3 N–H and O–H groups in total. The molecular formula is C13H24N2O5. The van der Waals surface area contributed by atoms with Crippen molar-refractivity contribution in [1.82, 2.24) is 10.2 Å². The van der Waals surface area contributed by atoms with E-state index in [1.54, 1.807) is 0 Å². The fraction of sp³-hybridized carbons (Fsp3) is 0.846. The molecule has 2 amide bonds. The summed E-state index contributed by atoms with van der Waals surface area (Å²) in [6, 6.07) is -1.47. The first kappa shape index (κ1) is 16.7. The molecule has 116 valence electrons. The number of urea groups is 1. The zero-order chi connectivity index (χ0) is 15.3. The largest absolute Gasteiger partial charge is 0.480 e. The number of hydrogen-bond donors (Lipinski definition) is 3. The van der Waals surface area contributed by atoms with Crippen molar-refractivity contribution in [2.75, 3.05) is 19.8 Å². The third-order valence-corrected chi connectivity index (χ3v) is 3.27. The van der Waals surface area contributed by atoms with Gasteiger partial charge in [0.25, 0.3) is 0 Å². The Balaban J connectivity index is 2.64. The van der Waals surface area contributed by atoms with Crippen molar-refractivity contribution < 1.29 is 24.5 Å². The van der Waals surface area contributed by atoms with Crippen molar-refractivity contribution in [3.05, 3.63) is 0 Å². The molecule has 0 spiro atoms. The van der Waals surface area contributed by atoms with Crippen molar-refractivity contribution in [1.29, 1.82) is 0 Å². The van der Waals surface area contributed by atoms with Gasteiger partial charge < -0.3 is 25.2 Å². The Morgan fingerprint density at radius 1 is 1.45 bits per heavy atom. The minimum atomic E-state index is -1.04. The van der Waals surface area contributed by atoms with Gasteiger partial charge in [0.1, 0.15) is 6.04 Å². The Morgan fingerprint density at radius 2 is 2.10 bits per heavy atom. The molecule has 7 nitrogen and oxygen atoms in total. The third kappa shape index (κ3) is 4.64. The SMILES string of the molecule is CC(C)C[C@@H](NC(=O)N1CC(CO)OCC1C)C(=O)O. The van der Waals surface area contributed by atoms with Crippen LogP contribution in [0.2, 0.25) is 0 Å². The molecule has 0 aromatic heterocycles. The number of aliphatic hydroxyl groups excluding tert-OH is 1. The van der Waals surface area contributed by atoms with Gasteiger partial charge in [0, 0.05) is 0 Å². The monoisotopic (exact) mass is 288 g/mol. The molecule has 1 fully saturated rings. The van der Waals surface area contributed by atoms with Gasteiger partial charge in [0.05, 0.1) is 31.9 Å². The summed E-state index contributed by atoms with van der Waals surface area (Å²) in [5.41, 5.74) is 0. The maximum absolute atomic E-state index is 12.2. The molecule has 0 saturated carbocycles. The van der Waals surface area contributed by atoms with Crippen molar-refractivity contribution in [2.45, 2.75) is 45.4 Å². The topological polar surface area (TPSA) is 99.1 Å². The molecule has 20 heavy (non-hydrogen) atoms. The van der Waals surface area contributed by atoms with Crippen LogP contribution in [0, 0.1) is 5.92 Å². The summed E-state index contributed by atoms with van der Waals surface area (Å²) < 4.78 is 5.35. The number of carboxylic acid groups (broad SMARTS) is 1. The predicted octanol–water partition coefficient (Wildman–Crippen LogP) is 0.277. The highest BCUT2D eigenvalue weighted by atomic mass is 16.5. The zero-order valence-corrected chi connectivity index (χ0v) is 12.2. The molecule has 0 radical (unpaired) electrons.